The fourth-order valence-corrected chi connectivity index (χ4v) is 5.35. The van der Waals surface area contributed by atoms with Crippen molar-refractivity contribution in [1.82, 2.24) is 9.97 Å². The first kappa shape index (κ1) is 25.6. The lowest BCUT2D eigenvalue weighted by molar-refractivity contribution is -0.116. The van der Waals surface area contributed by atoms with Crippen LogP contribution in [0.25, 0.3) is 33.0 Å². The van der Waals surface area contributed by atoms with E-state index in [4.69, 9.17) is 0 Å². The minimum atomic E-state index is -0.743. The number of para-hydroxylation sites is 2. The van der Waals surface area contributed by atoms with Gasteiger partial charge in [-0.05, 0) is 49.7 Å². The summed E-state index contributed by atoms with van der Waals surface area (Å²) in [6.45, 7) is 8.47. The van der Waals surface area contributed by atoms with Crippen LogP contribution < -0.4 is 0 Å². The lowest BCUT2D eigenvalue weighted by Crippen LogP contribution is -2.23. The third-order valence-corrected chi connectivity index (χ3v) is 7.37. The van der Waals surface area contributed by atoms with Gasteiger partial charge in [0.25, 0.3) is 0 Å². The van der Waals surface area contributed by atoms with E-state index in [2.05, 4.69) is 37.7 Å². The van der Waals surface area contributed by atoms with Crippen molar-refractivity contribution < 1.29 is 19.8 Å². The number of fused-ring (bicyclic) bond motifs is 2. The summed E-state index contributed by atoms with van der Waals surface area (Å²) in [5.41, 5.74) is 3.84. The number of nitrogens with one attached hydrogen (secondary N) is 2. The van der Waals surface area contributed by atoms with E-state index in [9.17, 15) is 19.8 Å². The van der Waals surface area contributed by atoms with Crippen LogP contribution in [0.15, 0.2) is 60.0 Å². The minimum Gasteiger partial charge on any atom is -0.504 e. The van der Waals surface area contributed by atoms with Crippen LogP contribution >= 0.6 is 0 Å². The van der Waals surface area contributed by atoms with Crippen molar-refractivity contribution in [3.63, 3.8) is 0 Å². The van der Waals surface area contributed by atoms with Crippen LogP contribution in [0.4, 0.5) is 0 Å². The molecule has 1 aliphatic carbocycles. The van der Waals surface area contributed by atoms with Gasteiger partial charge in [-0.2, -0.15) is 0 Å². The zero-order valence-corrected chi connectivity index (χ0v) is 22.3. The maximum absolute atomic E-state index is 13.8. The van der Waals surface area contributed by atoms with Crippen LogP contribution in [0, 0.1) is 11.8 Å². The number of aromatic amines is 2. The predicted octanol–water partition coefficient (Wildman–Crippen LogP) is 7.22. The summed E-state index contributed by atoms with van der Waals surface area (Å²) in [7, 11) is 0. The average molecular weight is 511 g/mol. The molecule has 2 heterocycles. The third kappa shape index (κ3) is 4.34. The lowest BCUT2D eigenvalue weighted by atomic mass is 9.83. The van der Waals surface area contributed by atoms with Crippen molar-refractivity contribution in [2.24, 2.45) is 11.8 Å². The van der Waals surface area contributed by atoms with Crippen molar-refractivity contribution in [1.29, 1.82) is 0 Å². The van der Waals surface area contributed by atoms with Gasteiger partial charge in [0.15, 0.2) is 11.5 Å². The van der Waals surface area contributed by atoms with Gasteiger partial charge in [0.2, 0.25) is 11.6 Å². The number of carbonyl (C=O) groups excluding carboxylic acids is 2. The summed E-state index contributed by atoms with van der Waals surface area (Å²) in [5.74, 6) is -1.89. The van der Waals surface area contributed by atoms with Crippen molar-refractivity contribution >= 4 is 44.5 Å². The van der Waals surface area contributed by atoms with Crippen molar-refractivity contribution in [3.05, 3.63) is 82.6 Å². The average Bonchev–Trinajstić information content (AvgIpc) is 3.44. The summed E-state index contributed by atoms with van der Waals surface area (Å²) >= 11 is 0. The maximum Gasteiger partial charge on any atom is 0.232 e. The van der Waals surface area contributed by atoms with Gasteiger partial charge >= 0.3 is 0 Å². The number of ketones is 2. The number of Topliss-reactive ketones (excluding diaryl/α,β-unsaturated/α-hetero) is 2. The smallest absolute Gasteiger partial charge is 0.232 e. The number of aryl methyl sites for hydroxylation is 2. The molecule has 4 aromatic rings. The quantitative estimate of drug-likeness (QED) is 0.188. The molecule has 196 valence electrons. The molecular weight excluding hydrogens is 476 g/mol. The summed E-state index contributed by atoms with van der Waals surface area (Å²) in [6, 6.07) is 15.0. The second-order valence-electron chi connectivity index (χ2n) is 11.0. The van der Waals surface area contributed by atoms with Gasteiger partial charge in [-0.3, -0.25) is 9.59 Å². The lowest BCUT2D eigenvalue weighted by Gasteiger charge is -2.20. The minimum absolute atomic E-state index is 0.143. The summed E-state index contributed by atoms with van der Waals surface area (Å²) in [6.07, 6.45) is 2.99. The van der Waals surface area contributed by atoms with Crippen molar-refractivity contribution in [3.8, 4) is 0 Å². The summed E-state index contributed by atoms with van der Waals surface area (Å²) < 4.78 is 0. The van der Waals surface area contributed by atoms with Gasteiger partial charge in [0.1, 0.15) is 0 Å². The highest BCUT2D eigenvalue weighted by Crippen LogP contribution is 2.41. The summed E-state index contributed by atoms with van der Waals surface area (Å²) in [4.78, 5) is 34.4. The monoisotopic (exact) mass is 510 g/mol. The second-order valence-corrected chi connectivity index (χ2v) is 11.0. The molecular formula is C32H34N2O4. The van der Waals surface area contributed by atoms with Crippen LogP contribution in [0.3, 0.4) is 0 Å². The molecule has 1 aliphatic rings. The molecule has 0 amide bonds. The Morgan fingerprint density at radius 1 is 0.632 bits per heavy atom. The Morgan fingerprint density at radius 2 is 1.00 bits per heavy atom. The molecule has 38 heavy (non-hydrogen) atoms. The number of carbonyl (C=O) groups is 2. The first-order valence-corrected chi connectivity index (χ1v) is 13.3. The van der Waals surface area contributed by atoms with Gasteiger partial charge in [0, 0.05) is 44.3 Å². The number of aliphatic hydroxyl groups is 2. The molecule has 0 aliphatic heterocycles. The third-order valence-electron chi connectivity index (χ3n) is 7.37. The van der Waals surface area contributed by atoms with Crippen LogP contribution in [0.5, 0.6) is 0 Å². The van der Waals surface area contributed by atoms with E-state index in [1.54, 1.807) is 0 Å². The Morgan fingerprint density at radius 3 is 1.37 bits per heavy atom. The zero-order chi connectivity index (χ0) is 27.1. The molecule has 0 spiro atoms. The number of aliphatic hydroxyl groups excluding tert-OH is 2. The van der Waals surface area contributed by atoms with Gasteiger partial charge in [0.05, 0.1) is 11.1 Å². The largest absolute Gasteiger partial charge is 0.504 e. The Kier molecular flexibility index (Phi) is 6.74. The fourth-order valence-electron chi connectivity index (χ4n) is 5.35. The molecule has 5 rings (SSSR count). The maximum atomic E-state index is 13.8. The highest BCUT2D eigenvalue weighted by molar-refractivity contribution is 6.48. The normalized spacial score (nSPS) is 14.8. The number of aromatic nitrogens is 2. The molecule has 0 saturated heterocycles. The molecule has 2 aromatic heterocycles. The van der Waals surface area contributed by atoms with E-state index < -0.39 is 23.1 Å². The van der Waals surface area contributed by atoms with E-state index in [-0.39, 0.29) is 11.1 Å². The molecule has 0 radical (unpaired) electrons. The predicted molar refractivity (Wildman–Crippen MR) is 152 cm³/mol. The van der Waals surface area contributed by atoms with Crippen LogP contribution in [-0.4, -0.2) is 31.7 Å². The highest BCUT2D eigenvalue weighted by Gasteiger charge is 2.40. The number of allylic oxidation sites excluding steroid dienone is 2. The molecule has 6 nitrogen and oxygen atoms in total. The number of hydrogen-bond donors (Lipinski definition) is 4. The molecule has 0 atom stereocenters. The van der Waals surface area contributed by atoms with Gasteiger partial charge in [-0.15, -0.1) is 0 Å². The molecule has 0 saturated carbocycles. The topological polar surface area (TPSA) is 106 Å². The van der Waals surface area contributed by atoms with Crippen molar-refractivity contribution in [2.75, 3.05) is 0 Å². The first-order chi connectivity index (χ1) is 18.2. The van der Waals surface area contributed by atoms with Crippen LogP contribution in [0.2, 0.25) is 0 Å². The summed E-state index contributed by atoms with van der Waals surface area (Å²) in [5, 5.41) is 24.2. The number of H-pyrrole nitrogens is 2. The molecule has 2 aromatic carbocycles. The van der Waals surface area contributed by atoms with E-state index in [0.717, 1.165) is 46.0 Å². The van der Waals surface area contributed by atoms with Gasteiger partial charge in [-0.1, -0.05) is 64.1 Å². The standard InChI is InChI=1S/C32H34N2O4/c1-17(2)13-15-23-25(19-9-5-7-11-21(19)33-23)27-29(35)31(37)28(32(38)30(27)36)26-20-10-6-8-12-22(20)34-24(26)16-14-18(3)4/h5-12,17-18,33-35,38H,13-16H2,1-4H3. The van der Waals surface area contributed by atoms with Crippen LogP contribution in [-0.2, 0) is 22.4 Å². The van der Waals surface area contributed by atoms with E-state index >= 15 is 0 Å². The highest BCUT2D eigenvalue weighted by atomic mass is 16.3. The van der Waals surface area contributed by atoms with E-state index in [0.29, 0.717) is 35.8 Å². The molecule has 0 unspecified atom stereocenters. The SMILES string of the molecule is CC(C)CCc1[nH]c2ccccc2c1C1=C(O)C(=O)C(c2c(CCC(C)C)[nH]c3ccccc23)=C(O)C1=O. The second kappa shape index (κ2) is 10.0. The Balaban J connectivity index is 1.68. The van der Waals surface area contributed by atoms with Gasteiger partial charge in [-0.25, -0.2) is 0 Å². The molecule has 6 heteroatoms. The first-order valence-electron chi connectivity index (χ1n) is 13.3. The van der Waals surface area contributed by atoms with E-state index in [1.807, 2.05) is 48.5 Å². The molecule has 0 bridgehead atoms. The molecule has 0 fully saturated rings. The fraction of sp³-hybridized carbons (Fsp3) is 0.312. The van der Waals surface area contributed by atoms with Crippen LogP contribution in [0.1, 0.15) is 63.1 Å². The zero-order valence-electron chi connectivity index (χ0n) is 22.3. The Bertz CT molecular complexity index is 1510. The Labute approximate surface area is 222 Å². The van der Waals surface area contributed by atoms with Crippen molar-refractivity contribution in [2.45, 2.75) is 53.4 Å². The number of hydrogen-bond acceptors (Lipinski definition) is 4. The Hall–Kier alpha value is -4.06. The molecule has 4 N–H and O–H groups in total. The van der Waals surface area contributed by atoms with Gasteiger partial charge < -0.3 is 20.2 Å². The number of rotatable bonds is 8. The van der Waals surface area contributed by atoms with E-state index in [1.165, 1.54) is 0 Å². The number of benzene rings is 2.